The van der Waals surface area contributed by atoms with Crippen LogP contribution < -0.4 is 0 Å². The number of unbranched alkanes of at least 4 members (excludes halogenated alkanes) is 22. The zero-order chi connectivity index (χ0) is 41.4. The topological polar surface area (TPSA) is 99.1 Å². The molecule has 0 aliphatic carbocycles. The highest BCUT2D eigenvalue weighted by atomic mass is 16.6. The zero-order valence-corrected chi connectivity index (χ0v) is 37.1. The molecule has 0 heterocycles. The molecule has 0 rings (SSSR count). The summed E-state index contributed by atoms with van der Waals surface area (Å²) in [6.07, 6.45) is 44.6. The number of ether oxygens (including phenoxy) is 3. The molecule has 0 aromatic rings. The summed E-state index contributed by atoms with van der Waals surface area (Å²) >= 11 is 0. The van der Waals surface area contributed by atoms with Crippen LogP contribution in [0.15, 0.2) is 36.5 Å². The molecule has 0 saturated heterocycles. The summed E-state index contributed by atoms with van der Waals surface area (Å²) in [7, 11) is 5.52. The van der Waals surface area contributed by atoms with E-state index >= 15 is 0 Å². The molecule has 0 aromatic heterocycles. The number of allylic oxidation sites excluding steroid dienone is 6. The van der Waals surface area contributed by atoms with E-state index in [1.807, 2.05) is 21.1 Å². The van der Waals surface area contributed by atoms with Gasteiger partial charge in [-0.25, -0.2) is 4.79 Å². The van der Waals surface area contributed by atoms with Gasteiger partial charge >= 0.3 is 17.9 Å². The third-order valence-corrected chi connectivity index (χ3v) is 10.3. The summed E-state index contributed by atoms with van der Waals surface area (Å²) in [5.74, 6) is -1.48. The van der Waals surface area contributed by atoms with Crippen LogP contribution in [0.5, 0.6) is 0 Å². The summed E-state index contributed by atoms with van der Waals surface area (Å²) in [6, 6.07) is -0.616. The summed E-state index contributed by atoms with van der Waals surface area (Å²) in [5, 5.41) is 9.62. The van der Waals surface area contributed by atoms with Crippen LogP contribution in [0.4, 0.5) is 0 Å². The van der Waals surface area contributed by atoms with Crippen LogP contribution in [0.25, 0.3) is 0 Å². The number of likely N-dealkylation sites (N-methyl/N-ethyl adjacent to an activating group) is 1. The van der Waals surface area contributed by atoms with Gasteiger partial charge in [0.1, 0.15) is 6.61 Å². The second-order valence-electron chi connectivity index (χ2n) is 16.7. The van der Waals surface area contributed by atoms with Crippen molar-refractivity contribution in [3.63, 3.8) is 0 Å². The second kappa shape index (κ2) is 39.4. The Hall–Kier alpha value is -2.45. The van der Waals surface area contributed by atoms with E-state index in [4.69, 9.17) is 14.2 Å². The highest BCUT2D eigenvalue weighted by Crippen LogP contribution is 2.14. The van der Waals surface area contributed by atoms with Crippen molar-refractivity contribution in [2.45, 2.75) is 212 Å². The van der Waals surface area contributed by atoms with Gasteiger partial charge in [-0.15, -0.1) is 0 Å². The van der Waals surface area contributed by atoms with Gasteiger partial charge in [0.2, 0.25) is 0 Å². The van der Waals surface area contributed by atoms with Crippen molar-refractivity contribution >= 4 is 17.9 Å². The first kappa shape index (κ1) is 53.6. The van der Waals surface area contributed by atoms with Gasteiger partial charge in [-0.2, -0.15) is 0 Å². The molecule has 0 aliphatic heterocycles. The molecule has 0 fully saturated rings. The fourth-order valence-corrected chi connectivity index (χ4v) is 6.66. The Kier molecular flexibility index (Phi) is 37.7. The summed E-state index contributed by atoms with van der Waals surface area (Å²) in [6.45, 7) is 4.69. The van der Waals surface area contributed by atoms with Gasteiger partial charge in [0.15, 0.2) is 12.1 Å². The SMILES string of the molecule is CCCCC/C=C/C=C/CCCCCCCCC(=O)OC(COCCC(C(=O)O)[N+](C)(C)C)COC(=O)CCCCCCCCC/C=C/CCCCCCCC. The molecule has 326 valence electrons. The van der Waals surface area contributed by atoms with Gasteiger partial charge in [0.25, 0.3) is 0 Å². The molecule has 0 aromatic carbocycles. The number of nitrogens with zero attached hydrogens (tertiary/aromatic N) is 1. The van der Waals surface area contributed by atoms with Crippen LogP contribution in [-0.4, -0.2) is 80.6 Å². The fourth-order valence-electron chi connectivity index (χ4n) is 6.66. The van der Waals surface area contributed by atoms with Crippen molar-refractivity contribution < 1.29 is 38.2 Å². The lowest BCUT2D eigenvalue weighted by Gasteiger charge is -2.31. The molecule has 2 atom stereocenters. The first-order valence-corrected chi connectivity index (χ1v) is 23.0. The van der Waals surface area contributed by atoms with Crippen molar-refractivity contribution in [1.29, 1.82) is 0 Å². The molecule has 1 N–H and O–H groups in total. The average Bonchev–Trinajstić information content (AvgIpc) is 3.15. The van der Waals surface area contributed by atoms with Gasteiger partial charge in [-0.05, 0) is 64.2 Å². The van der Waals surface area contributed by atoms with Crippen LogP contribution >= 0.6 is 0 Å². The lowest BCUT2D eigenvalue weighted by atomic mass is 10.1. The van der Waals surface area contributed by atoms with E-state index in [1.165, 1.54) is 109 Å². The normalized spacial score (nSPS) is 13.2. The minimum atomic E-state index is -0.877. The second-order valence-corrected chi connectivity index (χ2v) is 16.7. The van der Waals surface area contributed by atoms with Gasteiger partial charge in [0, 0.05) is 19.3 Å². The minimum Gasteiger partial charge on any atom is -0.477 e. The number of hydrogen-bond donors (Lipinski definition) is 1. The van der Waals surface area contributed by atoms with E-state index in [-0.39, 0.29) is 36.2 Å². The number of carboxylic acid groups (broad SMARTS) is 1. The van der Waals surface area contributed by atoms with Gasteiger partial charge < -0.3 is 23.8 Å². The molecule has 56 heavy (non-hydrogen) atoms. The summed E-state index contributed by atoms with van der Waals surface area (Å²) < 4.78 is 17.3. The smallest absolute Gasteiger partial charge is 0.362 e. The van der Waals surface area contributed by atoms with Gasteiger partial charge in [-0.3, -0.25) is 9.59 Å². The quantitative estimate of drug-likeness (QED) is 0.0216. The van der Waals surface area contributed by atoms with Gasteiger partial charge in [0.05, 0.1) is 34.4 Å². The first-order chi connectivity index (χ1) is 27.1. The van der Waals surface area contributed by atoms with Crippen molar-refractivity contribution in [2.24, 2.45) is 0 Å². The molecular formula is C48H88NO7+. The molecule has 0 amide bonds. The van der Waals surface area contributed by atoms with Crippen LogP contribution in [0, 0.1) is 0 Å². The Balaban J connectivity index is 4.33. The van der Waals surface area contributed by atoms with E-state index in [2.05, 4.69) is 50.3 Å². The van der Waals surface area contributed by atoms with Crippen LogP contribution in [0.1, 0.15) is 200 Å². The number of esters is 2. The Morgan fingerprint density at radius 2 is 0.946 bits per heavy atom. The number of rotatable bonds is 41. The molecule has 2 unspecified atom stereocenters. The monoisotopic (exact) mass is 791 g/mol. The maximum atomic E-state index is 12.7. The van der Waals surface area contributed by atoms with Crippen molar-refractivity contribution in [2.75, 3.05) is 41.0 Å². The molecule has 0 spiro atoms. The zero-order valence-electron chi connectivity index (χ0n) is 37.1. The number of quaternary nitrogens is 1. The van der Waals surface area contributed by atoms with E-state index < -0.39 is 18.1 Å². The van der Waals surface area contributed by atoms with Crippen LogP contribution in [0.3, 0.4) is 0 Å². The molecule has 0 aliphatic rings. The molecule has 0 bridgehead atoms. The van der Waals surface area contributed by atoms with Gasteiger partial charge in [-0.1, -0.05) is 153 Å². The van der Waals surface area contributed by atoms with Crippen molar-refractivity contribution in [3.05, 3.63) is 36.5 Å². The predicted molar refractivity (Wildman–Crippen MR) is 234 cm³/mol. The van der Waals surface area contributed by atoms with Crippen molar-refractivity contribution in [1.82, 2.24) is 0 Å². The number of carboxylic acids is 1. The van der Waals surface area contributed by atoms with Crippen LogP contribution in [-0.2, 0) is 28.6 Å². The lowest BCUT2D eigenvalue weighted by Crippen LogP contribution is -2.50. The van der Waals surface area contributed by atoms with E-state index in [0.717, 1.165) is 57.8 Å². The molecule has 0 saturated carbocycles. The Morgan fingerprint density at radius 1 is 0.536 bits per heavy atom. The van der Waals surface area contributed by atoms with Crippen LogP contribution in [0.2, 0.25) is 0 Å². The highest BCUT2D eigenvalue weighted by Gasteiger charge is 2.31. The number of carbonyl (C=O) groups excluding carboxylic acids is 2. The molecule has 8 heteroatoms. The highest BCUT2D eigenvalue weighted by molar-refractivity contribution is 5.72. The third kappa shape index (κ3) is 37.1. The molecular weight excluding hydrogens is 703 g/mol. The molecule has 0 radical (unpaired) electrons. The predicted octanol–water partition coefficient (Wildman–Crippen LogP) is 12.6. The Bertz CT molecular complexity index is 1020. The number of carbonyl (C=O) groups is 3. The van der Waals surface area contributed by atoms with Crippen molar-refractivity contribution in [3.8, 4) is 0 Å². The standard InChI is InChI=1S/C48H87NO7/c1-6-8-10-12-14-16-18-20-22-23-25-26-28-30-32-34-36-38-46(50)55-43-44(42-54-41-40-45(48(52)53)49(3,4)5)56-47(51)39-37-35-33-31-29-27-24-21-19-17-15-13-11-9-7-2/h15,17,19-22,44-45H,6-14,16,18,23-43H2,1-5H3/p+1/b17-15+,21-19+,22-20+. The Morgan fingerprint density at radius 3 is 1.43 bits per heavy atom. The lowest BCUT2D eigenvalue weighted by molar-refractivity contribution is -0.887. The summed E-state index contributed by atoms with van der Waals surface area (Å²) in [4.78, 5) is 37.0. The maximum Gasteiger partial charge on any atom is 0.362 e. The minimum absolute atomic E-state index is 0.0561. The summed E-state index contributed by atoms with van der Waals surface area (Å²) in [5.41, 5.74) is 0. The first-order valence-electron chi connectivity index (χ1n) is 23.0. The maximum absolute atomic E-state index is 12.7. The Labute approximate surface area is 344 Å². The van der Waals surface area contributed by atoms with E-state index in [0.29, 0.717) is 19.3 Å². The number of hydrogen-bond acceptors (Lipinski definition) is 6. The van der Waals surface area contributed by atoms with E-state index in [1.54, 1.807) is 0 Å². The number of aliphatic carboxylic acids is 1. The fraction of sp³-hybridized carbons (Fsp3) is 0.812. The largest absolute Gasteiger partial charge is 0.477 e. The third-order valence-electron chi connectivity index (χ3n) is 10.3. The van der Waals surface area contributed by atoms with E-state index in [9.17, 15) is 19.5 Å². The average molecular weight is 791 g/mol. The molecule has 8 nitrogen and oxygen atoms in total.